The number of nitrogens with two attached hydrogens (primary N) is 1. The zero-order valence-electron chi connectivity index (χ0n) is 12.8. The lowest BCUT2D eigenvalue weighted by Gasteiger charge is -2.08. The molecule has 23 heavy (non-hydrogen) atoms. The van der Waals surface area contributed by atoms with Gasteiger partial charge in [0.25, 0.3) is 5.56 Å². The van der Waals surface area contributed by atoms with E-state index in [-0.39, 0.29) is 5.56 Å². The molecule has 1 aromatic carbocycles. The van der Waals surface area contributed by atoms with E-state index in [9.17, 15) is 4.79 Å². The highest BCUT2D eigenvalue weighted by Gasteiger charge is 2.10. The van der Waals surface area contributed by atoms with Crippen LogP contribution in [0.3, 0.4) is 0 Å². The van der Waals surface area contributed by atoms with Crippen LogP contribution in [-0.4, -0.2) is 17.1 Å². The zero-order chi connectivity index (χ0) is 16.2. The van der Waals surface area contributed by atoms with Crippen molar-refractivity contribution >= 4 is 27.6 Å². The van der Waals surface area contributed by atoms with E-state index in [1.165, 1.54) is 30.0 Å². The van der Waals surface area contributed by atoms with Gasteiger partial charge < -0.3 is 15.6 Å². The van der Waals surface area contributed by atoms with Crippen molar-refractivity contribution < 1.29 is 0 Å². The Balaban J connectivity index is 1.60. The zero-order valence-corrected chi connectivity index (χ0v) is 14.3. The number of rotatable bonds is 4. The Labute approximate surface area is 143 Å². The molecule has 0 amide bonds. The van der Waals surface area contributed by atoms with Crippen molar-refractivity contribution in [3.8, 4) is 0 Å². The van der Waals surface area contributed by atoms with E-state index < -0.39 is 0 Å². The monoisotopic (exact) mass is 374 g/mol. The summed E-state index contributed by atoms with van der Waals surface area (Å²) < 4.78 is 2.47. The summed E-state index contributed by atoms with van der Waals surface area (Å²) in [6, 6.07) is 9.58. The van der Waals surface area contributed by atoms with Gasteiger partial charge in [-0.1, -0.05) is 6.07 Å². The number of guanidine groups is 1. The molecule has 0 saturated carbocycles. The van der Waals surface area contributed by atoms with Crippen LogP contribution >= 0.6 is 15.9 Å². The lowest BCUT2D eigenvalue weighted by Crippen LogP contribution is -2.25. The fourth-order valence-corrected chi connectivity index (χ4v) is 3.17. The minimum Gasteiger partial charge on any atom is -0.370 e. The highest BCUT2D eigenvalue weighted by Crippen LogP contribution is 2.24. The first kappa shape index (κ1) is 15.8. The van der Waals surface area contributed by atoms with Gasteiger partial charge in [0.05, 0.1) is 6.54 Å². The molecule has 0 fully saturated rings. The van der Waals surface area contributed by atoms with E-state index in [2.05, 4.69) is 38.4 Å². The third-order valence-corrected chi connectivity index (χ3v) is 4.41. The molecule has 5 nitrogen and oxygen atoms in total. The van der Waals surface area contributed by atoms with Gasteiger partial charge in [0.15, 0.2) is 5.96 Å². The van der Waals surface area contributed by atoms with Crippen molar-refractivity contribution in [3.05, 3.63) is 62.5 Å². The molecule has 6 heteroatoms. The molecule has 2 aromatic rings. The largest absolute Gasteiger partial charge is 0.370 e. The lowest BCUT2D eigenvalue weighted by molar-refractivity contribution is 0.679. The van der Waals surface area contributed by atoms with Crippen molar-refractivity contribution in [2.45, 2.75) is 25.8 Å². The summed E-state index contributed by atoms with van der Waals surface area (Å²) in [5.74, 6) is 0.367. The van der Waals surface area contributed by atoms with Gasteiger partial charge in [0.2, 0.25) is 0 Å². The molecule has 120 valence electrons. The highest BCUT2D eigenvalue weighted by atomic mass is 79.9. The highest BCUT2D eigenvalue weighted by molar-refractivity contribution is 9.10. The molecule has 0 atom stereocenters. The molecule has 0 saturated heterocycles. The Bertz CT molecular complexity index is 797. The third-order valence-electron chi connectivity index (χ3n) is 3.94. The number of aryl methyl sites for hydroxylation is 2. The maximum atomic E-state index is 11.7. The number of nitrogens with zero attached hydrogens (tertiary/aromatic N) is 2. The van der Waals surface area contributed by atoms with Gasteiger partial charge in [-0.05, 0) is 64.5 Å². The van der Waals surface area contributed by atoms with Crippen molar-refractivity contribution in [1.29, 1.82) is 0 Å². The molecule has 1 aliphatic carbocycles. The van der Waals surface area contributed by atoms with E-state index in [4.69, 9.17) is 5.73 Å². The molecule has 0 radical (unpaired) electrons. The fraction of sp³-hybridized carbons (Fsp3) is 0.294. The second-order valence-electron chi connectivity index (χ2n) is 5.61. The van der Waals surface area contributed by atoms with Crippen molar-refractivity contribution in [3.63, 3.8) is 0 Å². The first-order valence-electron chi connectivity index (χ1n) is 7.66. The van der Waals surface area contributed by atoms with E-state index in [1.807, 2.05) is 6.07 Å². The van der Waals surface area contributed by atoms with E-state index >= 15 is 0 Å². The summed E-state index contributed by atoms with van der Waals surface area (Å²) >= 11 is 3.35. The fourth-order valence-electron chi connectivity index (χ4n) is 2.79. The minimum absolute atomic E-state index is 0.0476. The van der Waals surface area contributed by atoms with Crippen LogP contribution in [0.5, 0.6) is 0 Å². The molecule has 0 aliphatic heterocycles. The summed E-state index contributed by atoms with van der Waals surface area (Å²) in [4.78, 5) is 16.0. The number of hydrogen-bond donors (Lipinski definition) is 2. The SMILES string of the molecule is NC(=NCCn1cc(Br)ccc1=O)Nc1ccc2c(c1)CCC2. The van der Waals surface area contributed by atoms with E-state index in [0.717, 1.165) is 16.6 Å². The summed E-state index contributed by atoms with van der Waals surface area (Å²) in [6.07, 6.45) is 5.28. The van der Waals surface area contributed by atoms with Crippen LogP contribution < -0.4 is 16.6 Å². The molecular formula is C17H19BrN4O. The number of aliphatic imine (C=N–C) groups is 1. The first-order chi connectivity index (χ1) is 11.1. The molecule has 1 aromatic heterocycles. The Morgan fingerprint density at radius 1 is 1.26 bits per heavy atom. The average molecular weight is 375 g/mol. The molecule has 1 aliphatic rings. The Morgan fingerprint density at radius 3 is 2.96 bits per heavy atom. The van der Waals surface area contributed by atoms with Crippen LogP contribution in [0.4, 0.5) is 5.69 Å². The number of halogens is 1. The standard InChI is InChI=1S/C17H19BrN4O/c18-14-5-7-16(23)22(11-14)9-8-20-17(19)21-15-6-4-12-2-1-3-13(12)10-15/h4-7,10-11H,1-3,8-9H2,(H3,19,20,21). The molecule has 0 unspecified atom stereocenters. The van der Waals surface area contributed by atoms with Crippen LogP contribution in [-0.2, 0) is 19.4 Å². The topological polar surface area (TPSA) is 72.4 Å². The van der Waals surface area contributed by atoms with Crippen LogP contribution in [0.25, 0.3) is 0 Å². The quantitative estimate of drug-likeness (QED) is 0.637. The third kappa shape index (κ3) is 4.01. The summed E-state index contributed by atoms with van der Waals surface area (Å²) in [6.45, 7) is 0.935. The number of hydrogen-bond acceptors (Lipinski definition) is 2. The number of fused-ring (bicyclic) bond motifs is 1. The lowest BCUT2D eigenvalue weighted by atomic mass is 10.1. The summed E-state index contributed by atoms with van der Waals surface area (Å²) in [5.41, 5.74) is 9.66. The van der Waals surface area contributed by atoms with Gasteiger partial charge in [-0.2, -0.15) is 0 Å². The van der Waals surface area contributed by atoms with Crippen LogP contribution in [0, 0.1) is 0 Å². The predicted molar refractivity (Wildman–Crippen MR) is 97.0 cm³/mol. The van der Waals surface area contributed by atoms with Gasteiger partial charge in [-0.3, -0.25) is 9.79 Å². The number of aromatic nitrogens is 1. The van der Waals surface area contributed by atoms with Crippen molar-refractivity contribution in [2.24, 2.45) is 10.7 Å². The Morgan fingerprint density at radius 2 is 2.09 bits per heavy atom. The smallest absolute Gasteiger partial charge is 0.250 e. The maximum Gasteiger partial charge on any atom is 0.250 e. The number of benzene rings is 1. The first-order valence-corrected chi connectivity index (χ1v) is 8.46. The van der Waals surface area contributed by atoms with Gasteiger partial charge >= 0.3 is 0 Å². The van der Waals surface area contributed by atoms with Crippen LogP contribution in [0.2, 0.25) is 0 Å². The number of anilines is 1. The number of pyridine rings is 1. The number of nitrogens with one attached hydrogen (secondary N) is 1. The van der Waals surface area contributed by atoms with Crippen LogP contribution in [0.15, 0.2) is 50.8 Å². The average Bonchev–Trinajstić information content (AvgIpc) is 2.98. The molecule has 1 heterocycles. The molecule has 0 spiro atoms. The Kier molecular flexibility index (Phi) is 4.81. The van der Waals surface area contributed by atoms with Crippen molar-refractivity contribution in [1.82, 2.24) is 4.57 Å². The van der Waals surface area contributed by atoms with Gasteiger partial charge in [-0.25, -0.2) is 0 Å². The van der Waals surface area contributed by atoms with E-state index in [0.29, 0.717) is 19.0 Å². The van der Waals surface area contributed by atoms with Gasteiger partial charge in [-0.15, -0.1) is 0 Å². The van der Waals surface area contributed by atoms with Gasteiger partial charge in [0.1, 0.15) is 0 Å². The molecule has 3 N–H and O–H groups in total. The molecule has 3 rings (SSSR count). The predicted octanol–water partition coefficient (Wildman–Crippen LogP) is 2.53. The summed E-state index contributed by atoms with van der Waals surface area (Å²) in [5, 5.41) is 3.11. The summed E-state index contributed by atoms with van der Waals surface area (Å²) in [7, 11) is 0. The van der Waals surface area contributed by atoms with Crippen LogP contribution in [0.1, 0.15) is 17.5 Å². The van der Waals surface area contributed by atoms with E-state index in [1.54, 1.807) is 16.8 Å². The molecule has 0 bridgehead atoms. The normalized spacial score (nSPS) is 13.9. The Hall–Kier alpha value is -2.08. The van der Waals surface area contributed by atoms with Gasteiger partial charge in [0, 0.05) is 29.0 Å². The molecular weight excluding hydrogens is 356 g/mol. The van der Waals surface area contributed by atoms with Crippen molar-refractivity contribution in [2.75, 3.05) is 11.9 Å². The minimum atomic E-state index is -0.0476. The second-order valence-corrected chi connectivity index (χ2v) is 6.52. The second kappa shape index (κ2) is 7.00. The maximum absolute atomic E-state index is 11.7.